The lowest BCUT2D eigenvalue weighted by molar-refractivity contribution is -0.126. The van der Waals surface area contributed by atoms with E-state index in [9.17, 15) is 18.0 Å². The molecule has 2 atom stereocenters. The van der Waals surface area contributed by atoms with Crippen molar-refractivity contribution in [2.24, 2.45) is 5.73 Å². The molecule has 5 N–H and O–H groups in total. The Morgan fingerprint density at radius 2 is 1.88 bits per heavy atom. The van der Waals surface area contributed by atoms with Crippen molar-refractivity contribution in [3.8, 4) is 0 Å². The van der Waals surface area contributed by atoms with Gasteiger partial charge in [-0.05, 0) is 39.1 Å². The molecule has 0 saturated heterocycles. The highest BCUT2D eigenvalue weighted by Gasteiger charge is 2.17. The summed E-state index contributed by atoms with van der Waals surface area (Å²) in [6.07, 6.45) is 0.119. The summed E-state index contributed by atoms with van der Waals surface area (Å²) >= 11 is 0. The van der Waals surface area contributed by atoms with Gasteiger partial charge >= 0.3 is 0 Å². The van der Waals surface area contributed by atoms with Crippen LogP contribution >= 0.6 is 12.4 Å². The molecule has 1 aromatic rings. The van der Waals surface area contributed by atoms with Gasteiger partial charge in [0, 0.05) is 18.2 Å². The predicted molar refractivity (Wildman–Crippen MR) is 94.4 cm³/mol. The summed E-state index contributed by atoms with van der Waals surface area (Å²) in [5.41, 5.74) is 5.83. The summed E-state index contributed by atoms with van der Waals surface area (Å²) in [5, 5.41) is 5.09. The molecule has 2 unspecified atom stereocenters. The van der Waals surface area contributed by atoms with E-state index in [1.807, 2.05) is 0 Å². The van der Waals surface area contributed by atoms with Crippen LogP contribution in [-0.2, 0) is 19.6 Å². The van der Waals surface area contributed by atoms with Gasteiger partial charge < -0.3 is 16.4 Å². The van der Waals surface area contributed by atoms with Crippen LogP contribution in [0.25, 0.3) is 0 Å². The first-order chi connectivity index (χ1) is 10.7. The van der Waals surface area contributed by atoms with E-state index in [-0.39, 0.29) is 35.7 Å². The van der Waals surface area contributed by atoms with Crippen molar-refractivity contribution in [1.82, 2.24) is 10.0 Å². The van der Waals surface area contributed by atoms with E-state index >= 15 is 0 Å². The molecule has 0 aliphatic heterocycles. The fourth-order valence-electron chi connectivity index (χ4n) is 1.77. The number of nitrogens with one attached hydrogen (secondary N) is 3. The number of amides is 2. The predicted octanol–water partition coefficient (Wildman–Crippen LogP) is 0.197. The number of hydrogen-bond acceptors (Lipinski definition) is 5. The van der Waals surface area contributed by atoms with E-state index in [2.05, 4.69) is 15.4 Å². The molecular weight excluding hydrogens is 356 g/mol. The van der Waals surface area contributed by atoms with Gasteiger partial charge in [-0.15, -0.1) is 12.4 Å². The fourth-order valence-corrected chi connectivity index (χ4v) is 2.54. The fraction of sp³-hybridized carbons (Fsp3) is 0.429. The first-order valence-corrected chi connectivity index (χ1v) is 8.53. The number of benzene rings is 1. The number of hydrogen-bond donors (Lipinski definition) is 4. The molecule has 1 aromatic carbocycles. The van der Waals surface area contributed by atoms with Gasteiger partial charge in [0.05, 0.1) is 4.90 Å². The Morgan fingerprint density at radius 1 is 1.25 bits per heavy atom. The molecule has 0 fully saturated rings. The molecule has 136 valence electrons. The molecule has 0 aliphatic rings. The van der Waals surface area contributed by atoms with Crippen molar-refractivity contribution in [3.63, 3.8) is 0 Å². The third-order valence-corrected chi connectivity index (χ3v) is 4.37. The second kappa shape index (κ2) is 9.58. The van der Waals surface area contributed by atoms with Gasteiger partial charge in [0.25, 0.3) is 0 Å². The number of carbonyl (C=O) groups is 2. The van der Waals surface area contributed by atoms with Crippen LogP contribution in [0.4, 0.5) is 5.69 Å². The maximum absolute atomic E-state index is 12.0. The molecule has 0 aliphatic carbocycles. The monoisotopic (exact) mass is 378 g/mol. The van der Waals surface area contributed by atoms with Crippen LogP contribution in [0.2, 0.25) is 0 Å². The Balaban J connectivity index is 0.00000529. The molecule has 1 rings (SSSR count). The third-order valence-electron chi connectivity index (χ3n) is 2.96. The van der Waals surface area contributed by atoms with Crippen molar-refractivity contribution >= 4 is 39.9 Å². The maximum atomic E-state index is 12.0. The standard InChI is InChI=1S/C14H22N4O4S.ClH/c1-9(15)7-13(19)17-10(2)14(20)18-11-5-4-6-12(8-11)23(21,22)16-3;/h4-6,8-10,16H,7,15H2,1-3H3,(H,17,19)(H,18,20);1H. The summed E-state index contributed by atoms with van der Waals surface area (Å²) in [6.45, 7) is 3.22. The van der Waals surface area contributed by atoms with Crippen LogP contribution in [-0.4, -0.2) is 39.4 Å². The van der Waals surface area contributed by atoms with Crippen LogP contribution < -0.4 is 21.1 Å². The van der Waals surface area contributed by atoms with Crippen LogP contribution in [0.15, 0.2) is 29.2 Å². The molecule has 10 heteroatoms. The van der Waals surface area contributed by atoms with E-state index in [1.165, 1.54) is 32.2 Å². The number of halogens is 1. The molecule has 0 spiro atoms. The summed E-state index contributed by atoms with van der Waals surface area (Å²) < 4.78 is 25.7. The molecule has 0 heterocycles. The normalized spacial score (nSPS) is 13.3. The molecule has 8 nitrogen and oxygen atoms in total. The van der Waals surface area contributed by atoms with Crippen LogP contribution in [0.5, 0.6) is 0 Å². The first-order valence-electron chi connectivity index (χ1n) is 7.05. The second-order valence-corrected chi connectivity index (χ2v) is 7.08. The first kappa shape index (κ1) is 22.3. The van der Waals surface area contributed by atoms with Gasteiger partial charge in [0.2, 0.25) is 21.8 Å². The highest BCUT2D eigenvalue weighted by atomic mass is 35.5. The second-order valence-electron chi connectivity index (χ2n) is 5.20. The topological polar surface area (TPSA) is 130 Å². The summed E-state index contributed by atoms with van der Waals surface area (Å²) in [6, 6.07) is 4.75. The molecular formula is C14H23ClN4O4S. The maximum Gasteiger partial charge on any atom is 0.246 e. The zero-order chi connectivity index (χ0) is 17.6. The smallest absolute Gasteiger partial charge is 0.246 e. The third kappa shape index (κ3) is 6.83. The van der Waals surface area contributed by atoms with E-state index in [0.717, 1.165) is 0 Å². The summed E-state index contributed by atoms with van der Waals surface area (Å²) in [4.78, 5) is 23.7. The zero-order valence-electron chi connectivity index (χ0n) is 13.7. The minimum atomic E-state index is -3.59. The average molecular weight is 379 g/mol. The molecule has 24 heavy (non-hydrogen) atoms. The van der Waals surface area contributed by atoms with Gasteiger partial charge in [0.1, 0.15) is 6.04 Å². The molecule has 0 saturated carbocycles. The number of rotatable bonds is 7. The van der Waals surface area contributed by atoms with Crippen molar-refractivity contribution < 1.29 is 18.0 Å². The van der Waals surface area contributed by atoms with E-state index in [0.29, 0.717) is 5.69 Å². The number of anilines is 1. The molecule has 0 radical (unpaired) electrons. The Kier molecular flexibility index (Phi) is 8.91. The van der Waals surface area contributed by atoms with Crippen LogP contribution in [0.3, 0.4) is 0 Å². The zero-order valence-corrected chi connectivity index (χ0v) is 15.3. The molecule has 0 aromatic heterocycles. The summed E-state index contributed by atoms with van der Waals surface area (Å²) in [5.74, 6) is -0.781. The van der Waals surface area contributed by atoms with Gasteiger partial charge in [-0.3, -0.25) is 9.59 Å². The van der Waals surface area contributed by atoms with Crippen molar-refractivity contribution in [1.29, 1.82) is 0 Å². The molecule has 2 amide bonds. The minimum Gasteiger partial charge on any atom is -0.345 e. The van der Waals surface area contributed by atoms with Gasteiger partial charge in [0.15, 0.2) is 0 Å². The van der Waals surface area contributed by atoms with Crippen molar-refractivity contribution in [2.75, 3.05) is 12.4 Å². The number of nitrogens with two attached hydrogens (primary N) is 1. The van der Waals surface area contributed by atoms with Crippen molar-refractivity contribution in [3.05, 3.63) is 24.3 Å². The highest BCUT2D eigenvalue weighted by Crippen LogP contribution is 2.15. The van der Waals surface area contributed by atoms with Crippen LogP contribution in [0.1, 0.15) is 20.3 Å². The Morgan fingerprint density at radius 3 is 2.42 bits per heavy atom. The van der Waals surface area contributed by atoms with Gasteiger partial charge in [-0.1, -0.05) is 6.07 Å². The Hall–Kier alpha value is -1.68. The lowest BCUT2D eigenvalue weighted by Crippen LogP contribution is -2.43. The summed E-state index contributed by atoms with van der Waals surface area (Å²) in [7, 11) is -2.29. The van der Waals surface area contributed by atoms with E-state index < -0.39 is 22.0 Å². The number of sulfonamides is 1. The Labute approximate surface area is 148 Å². The van der Waals surface area contributed by atoms with E-state index in [1.54, 1.807) is 13.0 Å². The number of carbonyl (C=O) groups excluding carboxylic acids is 2. The SMILES string of the molecule is CNS(=O)(=O)c1cccc(NC(=O)C(C)NC(=O)CC(C)N)c1.Cl. The minimum absolute atomic E-state index is 0. The lowest BCUT2D eigenvalue weighted by Gasteiger charge is -2.15. The largest absolute Gasteiger partial charge is 0.345 e. The average Bonchev–Trinajstić information content (AvgIpc) is 2.46. The molecule has 0 bridgehead atoms. The Bertz CT molecular complexity index is 679. The van der Waals surface area contributed by atoms with Crippen LogP contribution in [0, 0.1) is 0 Å². The highest BCUT2D eigenvalue weighted by molar-refractivity contribution is 7.89. The van der Waals surface area contributed by atoms with Gasteiger partial charge in [-0.25, -0.2) is 13.1 Å². The van der Waals surface area contributed by atoms with Gasteiger partial charge in [-0.2, -0.15) is 0 Å². The quantitative estimate of drug-likeness (QED) is 0.538. The lowest BCUT2D eigenvalue weighted by atomic mass is 10.2. The van der Waals surface area contributed by atoms with Crippen molar-refractivity contribution in [2.45, 2.75) is 37.2 Å². The van der Waals surface area contributed by atoms with E-state index in [4.69, 9.17) is 5.73 Å².